The fourth-order valence-electron chi connectivity index (χ4n) is 3.23. The quantitative estimate of drug-likeness (QED) is 0.832. The first-order valence-electron chi connectivity index (χ1n) is 9.52. The van der Waals surface area contributed by atoms with E-state index in [0.717, 1.165) is 41.7 Å². The van der Waals surface area contributed by atoms with Crippen molar-refractivity contribution in [3.8, 4) is 0 Å². The standard InChI is InChI=1S/C21H29N5O/c1-15(2)20-22-16(3)13-19(23-20)25-9-11-26(12-10-25)21(27)17-7-6-8-18(14-17)24(4)5/h6-8,13-15H,9-12H2,1-5H3. The van der Waals surface area contributed by atoms with Crippen LogP contribution in [0.2, 0.25) is 0 Å². The van der Waals surface area contributed by atoms with Gasteiger partial charge in [-0.15, -0.1) is 0 Å². The molecule has 0 saturated carbocycles. The molecule has 1 aliphatic rings. The van der Waals surface area contributed by atoms with Crippen molar-refractivity contribution in [2.45, 2.75) is 26.7 Å². The van der Waals surface area contributed by atoms with Crippen molar-refractivity contribution in [2.24, 2.45) is 0 Å². The molecule has 3 rings (SSSR count). The van der Waals surface area contributed by atoms with Gasteiger partial charge in [-0.3, -0.25) is 4.79 Å². The fourth-order valence-corrected chi connectivity index (χ4v) is 3.23. The van der Waals surface area contributed by atoms with E-state index in [2.05, 4.69) is 23.7 Å². The summed E-state index contributed by atoms with van der Waals surface area (Å²) in [6.07, 6.45) is 0. The van der Waals surface area contributed by atoms with Crippen LogP contribution in [0, 0.1) is 6.92 Å². The first kappa shape index (κ1) is 19.1. The monoisotopic (exact) mass is 367 g/mol. The number of nitrogens with zero attached hydrogens (tertiary/aromatic N) is 5. The van der Waals surface area contributed by atoms with Crippen LogP contribution in [0.1, 0.15) is 41.6 Å². The van der Waals surface area contributed by atoms with Crippen LogP contribution in [0.25, 0.3) is 0 Å². The second-order valence-corrected chi connectivity index (χ2v) is 7.60. The maximum atomic E-state index is 12.9. The number of aromatic nitrogens is 2. The molecule has 1 aliphatic heterocycles. The Kier molecular flexibility index (Phi) is 5.63. The second-order valence-electron chi connectivity index (χ2n) is 7.60. The van der Waals surface area contributed by atoms with Gasteiger partial charge in [0, 0.05) is 69.2 Å². The summed E-state index contributed by atoms with van der Waals surface area (Å²) < 4.78 is 0. The number of hydrogen-bond acceptors (Lipinski definition) is 5. The van der Waals surface area contributed by atoms with Crippen LogP contribution < -0.4 is 9.80 Å². The van der Waals surface area contributed by atoms with Crippen LogP contribution in [-0.4, -0.2) is 61.0 Å². The summed E-state index contributed by atoms with van der Waals surface area (Å²) in [5.74, 6) is 2.24. The van der Waals surface area contributed by atoms with Crippen molar-refractivity contribution >= 4 is 17.4 Å². The minimum atomic E-state index is 0.0973. The molecule has 0 unspecified atom stereocenters. The molecule has 1 saturated heterocycles. The first-order chi connectivity index (χ1) is 12.8. The molecule has 1 amide bonds. The minimum Gasteiger partial charge on any atom is -0.378 e. The van der Waals surface area contributed by atoms with Gasteiger partial charge in [-0.25, -0.2) is 9.97 Å². The minimum absolute atomic E-state index is 0.0973. The molecule has 1 aromatic heterocycles. The Hall–Kier alpha value is -2.63. The second kappa shape index (κ2) is 7.94. The van der Waals surface area contributed by atoms with Gasteiger partial charge in [0.25, 0.3) is 5.91 Å². The van der Waals surface area contributed by atoms with Crippen LogP contribution in [-0.2, 0) is 0 Å². The predicted molar refractivity (Wildman–Crippen MR) is 110 cm³/mol. The molecule has 6 heteroatoms. The number of amides is 1. The molecule has 6 nitrogen and oxygen atoms in total. The number of hydrogen-bond donors (Lipinski definition) is 0. The molecule has 0 radical (unpaired) electrons. The number of benzene rings is 1. The molecule has 27 heavy (non-hydrogen) atoms. The maximum absolute atomic E-state index is 12.9. The van der Waals surface area contributed by atoms with Crippen LogP contribution in [0.4, 0.5) is 11.5 Å². The molecule has 0 atom stereocenters. The highest BCUT2D eigenvalue weighted by Gasteiger charge is 2.23. The van der Waals surface area contributed by atoms with E-state index in [-0.39, 0.29) is 5.91 Å². The van der Waals surface area contributed by atoms with Crippen LogP contribution in [0.3, 0.4) is 0 Å². The van der Waals surface area contributed by atoms with E-state index in [1.54, 1.807) is 0 Å². The Morgan fingerprint density at radius 2 is 1.78 bits per heavy atom. The molecule has 1 aromatic carbocycles. The highest BCUT2D eigenvalue weighted by atomic mass is 16.2. The van der Waals surface area contributed by atoms with E-state index in [1.165, 1.54) is 0 Å². The van der Waals surface area contributed by atoms with Gasteiger partial charge in [-0.1, -0.05) is 19.9 Å². The lowest BCUT2D eigenvalue weighted by molar-refractivity contribution is 0.0746. The summed E-state index contributed by atoms with van der Waals surface area (Å²) in [5.41, 5.74) is 2.77. The normalized spacial score (nSPS) is 14.6. The maximum Gasteiger partial charge on any atom is 0.254 e. The first-order valence-corrected chi connectivity index (χ1v) is 9.52. The Morgan fingerprint density at radius 3 is 2.41 bits per heavy atom. The Balaban J connectivity index is 1.68. The summed E-state index contributed by atoms with van der Waals surface area (Å²) in [5, 5.41) is 0. The lowest BCUT2D eigenvalue weighted by Gasteiger charge is -2.35. The fraction of sp³-hybridized carbons (Fsp3) is 0.476. The predicted octanol–water partition coefficient (Wildman–Crippen LogP) is 2.94. The van der Waals surface area contributed by atoms with Crippen molar-refractivity contribution in [1.82, 2.24) is 14.9 Å². The van der Waals surface area contributed by atoms with Crippen molar-refractivity contribution in [2.75, 3.05) is 50.1 Å². The van der Waals surface area contributed by atoms with E-state index in [1.807, 2.05) is 61.2 Å². The third-order valence-electron chi connectivity index (χ3n) is 4.87. The average molecular weight is 367 g/mol. The van der Waals surface area contributed by atoms with E-state index in [4.69, 9.17) is 4.98 Å². The third kappa shape index (κ3) is 4.38. The summed E-state index contributed by atoms with van der Waals surface area (Å²) >= 11 is 0. The Labute approximate surface area is 161 Å². The molecule has 0 N–H and O–H groups in total. The van der Waals surface area contributed by atoms with Gasteiger partial charge in [0.15, 0.2) is 0 Å². The molecule has 2 heterocycles. The molecule has 0 aliphatic carbocycles. The number of rotatable bonds is 4. The van der Waals surface area contributed by atoms with Crippen molar-refractivity contribution in [3.05, 3.63) is 47.4 Å². The topological polar surface area (TPSA) is 52.6 Å². The molecule has 0 bridgehead atoms. The molecule has 2 aromatic rings. The van der Waals surface area contributed by atoms with Crippen LogP contribution in [0.5, 0.6) is 0 Å². The van der Waals surface area contributed by atoms with E-state index >= 15 is 0 Å². The van der Waals surface area contributed by atoms with E-state index in [9.17, 15) is 4.79 Å². The average Bonchev–Trinajstić information content (AvgIpc) is 2.67. The number of piperazine rings is 1. The van der Waals surface area contributed by atoms with Gasteiger partial charge < -0.3 is 14.7 Å². The van der Waals surface area contributed by atoms with Gasteiger partial charge in [0.1, 0.15) is 11.6 Å². The molecular formula is C21H29N5O. The zero-order valence-corrected chi connectivity index (χ0v) is 16.9. The summed E-state index contributed by atoms with van der Waals surface area (Å²) in [6.45, 7) is 9.19. The number of carbonyl (C=O) groups is 1. The zero-order chi connectivity index (χ0) is 19.6. The summed E-state index contributed by atoms with van der Waals surface area (Å²) in [7, 11) is 3.97. The Bertz CT molecular complexity index is 810. The molecular weight excluding hydrogens is 338 g/mol. The SMILES string of the molecule is Cc1cc(N2CCN(C(=O)c3cccc(N(C)C)c3)CC2)nc(C(C)C)n1. The molecule has 0 spiro atoms. The highest BCUT2D eigenvalue weighted by Crippen LogP contribution is 2.20. The smallest absolute Gasteiger partial charge is 0.254 e. The lowest BCUT2D eigenvalue weighted by atomic mass is 10.1. The van der Waals surface area contributed by atoms with Crippen LogP contribution >= 0.6 is 0 Å². The molecule has 1 fully saturated rings. The van der Waals surface area contributed by atoms with Gasteiger partial charge >= 0.3 is 0 Å². The lowest BCUT2D eigenvalue weighted by Crippen LogP contribution is -2.49. The van der Waals surface area contributed by atoms with Gasteiger partial charge in [-0.2, -0.15) is 0 Å². The van der Waals surface area contributed by atoms with Gasteiger partial charge in [0.05, 0.1) is 0 Å². The highest BCUT2D eigenvalue weighted by molar-refractivity contribution is 5.95. The van der Waals surface area contributed by atoms with E-state index < -0.39 is 0 Å². The zero-order valence-electron chi connectivity index (χ0n) is 16.9. The molecule has 144 valence electrons. The van der Waals surface area contributed by atoms with Gasteiger partial charge in [0.2, 0.25) is 0 Å². The number of carbonyl (C=O) groups excluding carboxylic acids is 1. The van der Waals surface area contributed by atoms with Crippen molar-refractivity contribution in [1.29, 1.82) is 0 Å². The van der Waals surface area contributed by atoms with E-state index in [0.29, 0.717) is 19.0 Å². The number of anilines is 2. The summed E-state index contributed by atoms with van der Waals surface area (Å²) in [4.78, 5) is 28.3. The largest absolute Gasteiger partial charge is 0.378 e. The van der Waals surface area contributed by atoms with Crippen molar-refractivity contribution in [3.63, 3.8) is 0 Å². The number of aryl methyl sites for hydroxylation is 1. The Morgan fingerprint density at radius 1 is 1.07 bits per heavy atom. The van der Waals surface area contributed by atoms with Crippen molar-refractivity contribution < 1.29 is 4.79 Å². The van der Waals surface area contributed by atoms with Gasteiger partial charge in [-0.05, 0) is 25.1 Å². The third-order valence-corrected chi connectivity index (χ3v) is 4.87. The summed E-state index contributed by atoms with van der Waals surface area (Å²) in [6, 6.07) is 9.83. The van der Waals surface area contributed by atoms with Crippen LogP contribution in [0.15, 0.2) is 30.3 Å².